The van der Waals surface area contributed by atoms with Gasteiger partial charge in [-0.25, -0.2) is 0 Å². The summed E-state index contributed by atoms with van der Waals surface area (Å²) in [7, 11) is 0. The molecule has 0 aromatic rings. The van der Waals surface area contributed by atoms with Gasteiger partial charge in [0.05, 0.1) is 12.2 Å². The second-order valence-corrected chi connectivity index (χ2v) is 5.66. The average molecular weight is 312 g/mol. The Kier molecular flexibility index (Phi) is 14.0. The fourth-order valence-corrected chi connectivity index (χ4v) is 2.12. The molecule has 0 aromatic heterocycles. The molecule has 0 rings (SSSR count). The largest absolute Gasteiger partial charge is 0.481 e. The van der Waals surface area contributed by atoms with Gasteiger partial charge < -0.3 is 15.3 Å². The van der Waals surface area contributed by atoms with Crippen LogP contribution in [-0.2, 0) is 4.79 Å². The van der Waals surface area contributed by atoms with Crippen LogP contribution in [0.3, 0.4) is 0 Å². The minimum Gasteiger partial charge on any atom is -0.481 e. The van der Waals surface area contributed by atoms with Gasteiger partial charge >= 0.3 is 5.97 Å². The second kappa shape index (κ2) is 14.8. The Morgan fingerprint density at radius 3 is 2.23 bits per heavy atom. The first-order valence-electron chi connectivity index (χ1n) is 8.45. The summed E-state index contributed by atoms with van der Waals surface area (Å²) in [6, 6.07) is 0. The third-order valence-corrected chi connectivity index (χ3v) is 3.61. The normalized spacial score (nSPS) is 14.7. The number of aliphatic hydroxyl groups excluding tert-OH is 2. The highest BCUT2D eigenvalue weighted by Gasteiger charge is 2.11. The van der Waals surface area contributed by atoms with Crippen molar-refractivity contribution >= 4 is 5.97 Å². The molecule has 3 N–H and O–H groups in total. The summed E-state index contributed by atoms with van der Waals surface area (Å²) in [6.45, 7) is 1.85. The van der Waals surface area contributed by atoms with Gasteiger partial charge in [0, 0.05) is 6.42 Å². The van der Waals surface area contributed by atoms with Crippen molar-refractivity contribution in [3.05, 3.63) is 24.3 Å². The van der Waals surface area contributed by atoms with Crippen LogP contribution >= 0.6 is 0 Å². The minimum absolute atomic E-state index is 0.288. The number of aliphatic hydroxyl groups is 2. The van der Waals surface area contributed by atoms with Gasteiger partial charge in [0.2, 0.25) is 0 Å². The van der Waals surface area contributed by atoms with Crippen LogP contribution in [0.4, 0.5) is 0 Å². The molecule has 128 valence electrons. The van der Waals surface area contributed by atoms with Crippen LogP contribution in [0.5, 0.6) is 0 Å². The molecule has 4 nitrogen and oxygen atoms in total. The predicted octanol–water partition coefficient (Wildman–Crippen LogP) is 3.83. The Morgan fingerprint density at radius 1 is 0.909 bits per heavy atom. The van der Waals surface area contributed by atoms with Gasteiger partial charge in [-0.3, -0.25) is 4.79 Å². The van der Waals surface area contributed by atoms with E-state index in [1.54, 1.807) is 0 Å². The molecule has 0 saturated carbocycles. The van der Waals surface area contributed by atoms with Gasteiger partial charge in [-0.2, -0.15) is 0 Å². The highest BCUT2D eigenvalue weighted by Crippen LogP contribution is 2.08. The van der Waals surface area contributed by atoms with Crippen molar-refractivity contribution in [1.29, 1.82) is 0 Å². The lowest BCUT2D eigenvalue weighted by Crippen LogP contribution is -2.23. The lowest BCUT2D eigenvalue weighted by atomic mass is 10.1. The third-order valence-electron chi connectivity index (χ3n) is 3.61. The zero-order chi connectivity index (χ0) is 16.6. The van der Waals surface area contributed by atoms with E-state index in [2.05, 4.69) is 12.2 Å². The number of aliphatic carboxylic acids is 1. The van der Waals surface area contributed by atoms with Crippen molar-refractivity contribution in [3.8, 4) is 0 Å². The highest BCUT2D eigenvalue weighted by molar-refractivity contribution is 5.66. The molecule has 0 heterocycles. The first kappa shape index (κ1) is 20.9. The van der Waals surface area contributed by atoms with Gasteiger partial charge in [0.1, 0.15) is 0 Å². The van der Waals surface area contributed by atoms with E-state index in [4.69, 9.17) is 5.11 Å². The van der Waals surface area contributed by atoms with Crippen molar-refractivity contribution in [3.63, 3.8) is 0 Å². The van der Waals surface area contributed by atoms with E-state index in [1.165, 1.54) is 0 Å². The Labute approximate surface area is 134 Å². The van der Waals surface area contributed by atoms with E-state index in [0.717, 1.165) is 44.9 Å². The quantitative estimate of drug-likeness (QED) is 0.336. The smallest absolute Gasteiger partial charge is 0.303 e. The summed E-state index contributed by atoms with van der Waals surface area (Å²) in [5.41, 5.74) is 0. The van der Waals surface area contributed by atoms with E-state index >= 15 is 0 Å². The van der Waals surface area contributed by atoms with Crippen molar-refractivity contribution in [1.82, 2.24) is 0 Å². The second-order valence-electron chi connectivity index (χ2n) is 5.66. The van der Waals surface area contributed by atoms with Gasteiger partial charge in [-0.05, 0) is 38.5 Å². The Bertz CT molecular complexity index is 323. The zero-order valence-electron chi connectivity index (χ0n) is 13.8. The lowest BCUT2D eigenvalue weighted by Gasteiger charge is -2.13. The van der Waals surface area contributed by atoms with E-state index < -0.39 is 18.2 Å². The van der Waals surface area contributed by atoms with Gasteiger partial charge in [0.15, 0.2) is 0 Å². The number of carboxylic acids is 1. The molecule has 4 heteroatoms. The number of hydrogen-bond donors (Lipinski definition) is 3. The first-order chi connectivity index (χ1) is 10.6. The van der Waals surface area contributed by atoms with Crippen molar-refractivity contribution in [2.24, 2.45) is 0 Å². The summed E-state index contributed by atoms with van der Waals surface area (Å²) in [4.78, 5) is 10.3. The fourth-order valence-electron chi connectivity index (χ4n) is 2.12. The van der Waals surface area contributed by atoms with E-state index in [-0.39, 0.29) is 6.42 Å². The van der Waals surface area contributed by atoms with E-state index in [1.807, 2.05) is 19.1 Å². The maximum Gasteiger partial charge on any atom is 0.303 e. The van der Waals surface area contributed by atoms with Gasteiger partial charge in [0.25, 0.3) is 0 Å². The zero-order valence-corrected chi connectivity index (χ0v) is 13.8. The molecule has 22 heavy (non-hydrogen) atoms. The summed E-state index contributed by atoms with van der Waals surface area (Å²) >= 11 is 0. The van der Waals surface area contributed by atoms with Crippen LogP contribution < -0.4 is 0 Å². The summed E-state index contributed by atoms with van der Waals surface area (Å²) in [5, 5.41) is 27.5. The molecule has 2 atom stereocenters. The molecule has 0 spiro atoms. The van der Waals surface area contributed by atoms with Crippen LogP contribution in [0.25, 0.3) is 0 Å². The van der Waals surface area contributed by atoms with Crippen LogP contribution in [0.15, 0.2) is 24.3 Å². The monoisotopic (exact) mass is 312 g/mol. The topological polar surface area (TPSA) is 77.8 Å². The molecule has 0 saturated heterocycles. The molecule has 0 aliphatic rings. The maximum absolute atomic E-state index is 10.3. The summed E-state index contributed by atoms with van der Waals surface area (Å²) in [6.07, 6.45) is 15.4. The molecule has 0 aliphatic carbocycles. The van der Waals surface area contributed by atoms with Crippen LogP contribution in [0.1, 0.15) is 71.1 Å². The standard InChI is InChI=1S/C18H32O4/c1-2-16(19)17(20)14-12-10-8-6-4-3-5-7-9-11-13-15-18(21)22/h4,6,10,12,16-17,19-20H,2-3,5,7-9,11,13-15H2,1H3,(H,21,22)/b6-4-,12-10+/t16-,17+/m1/s1. The van der Waals surface area contributed by atoms with Crippen molar-refractivity contribution in [2.75, 3.05) is 0 Å². The Hall–Kier alpha value is -1.13. The Balaban J connectivity index is 3.39. The maximum atomic E-state index is 10.3. The van der Waals surface area contributed by atoms with Crippen LogP contribution in [-0.4, -0.2) is 33.5 Å². The summed E-state index contributed by atoms with van der Waals surface area (Å²) < 4.78 is 0. The third kappa shape index (κ3) is 13.8. The molecular formula is C18H32O4. The molecule has 0 bridgehead atoms. The summed E-state index contributed by atoms with van der Waals surface area (Å²) in [5.74, 6) is -0.701. The highest BCUT2D eigenvalue weighted by atomic mass is 16.4. The number of unbranched alkanes of at least 4 members (excludes halogenated alkanes) is 5. The number of hydrogen-bond acceptors (Lipinski definition) is 3. The van der Waals surface area contributed by atoms with E-state index in [0.29, 0.717) is 12.8 Å². The van der Waals surface area contributed by atoms with Gasteiger partial charge in [-0.15, -0.1) is 0 Å². The first-order valence-corrected chi connectivity index (χ1v) is 8.45. The lowest BCUT2D eigenvalue weighted by molar-refractivity contribution is -0.137. The molecule has 0 amide bonds. The fraction of sp³-hybridized carbons (Fsp3) is 0.722. The molecule has 0 unspecified atom stereocenters. The van der Waals surface area contributed by atoms with E-state index in [9.17, 15) is 15.0 Å². The predicted molar refractivity (Wildman–Crippen MR) is 89.8 cm³/mol. The molecule has 0 aromatic carbocycles. The number of carboxylic acid groups (broad SMARTS) is 1. The minimum atomic E-state index is -0.701. The number of carbonyl (C=O) groups is 1. The number of rotatable bonds is 14. The molecule has 0 aliphatic heterocycles. The molecule has 0 fully saturated rings. The van der Waals surface area contributed by atoms with Crippen molar-refractivity contribution < 1.29 is 20.1 Å². The van der Waals surface area contributed by atoms with Crippen molar-refractivity contribution in [2.45, 2.75) is 83.3 Å². The average Bonchev–Trinajstić information content (AvgIpc) is 2.50. The molecule has 0 radical (unpaired) electrons. The molecular weight excluding hydrogens is 280 g/mol. The number of allylic oxidation sites excluding steroid dienone is 3. The SMILES string of the molecule is CC[C@@H](O)[C@@H](O)C/C=C/C/C=C\CCCCCCCC(=O)O. The van der Waals surface area contributed by atoms with Crippen LogP contribution in [0.2, 0.25) is 0 Å². The van der Waals surface area contributed by atoms with Crippen LogP contribution in [0, 0.1) is 0 Å². The Morgan fingerprint density at radius 2 is 1.55 bits per heavy atom. The van der Waals surface area contributed by atoms with Gasteiger partial charge in [-0.1, -0.05) is 50.5 Å².